The maximum absolute atomic E-state index is 12.1. The first-order valence-corrected chi connectivity index (χ1v) is 6.59. The SMILES string of the molecule is Cc1cc([N+](=O)[O-])ccc1NC(=O)c1ccccc1Br. The highest BCUT2D eigenvalue weighted by molar-refractivity contribution is 9.10. The normalized spacial score (nSPS) is 10.1. The molecule has 0 aliphatic rings. The van der Waals surface area contributed by atoms with Gasteiger partial charge in [-0.1, -0.05) is 12.1 Å². The lowest BCUT2D eigenvalue weighted by molar-refractivity contribution is -0.384. The number of hydrogen-bond donors (Lipinski definition) is 1. The minimum Gasteiger partial charge on any atom is -0.322 e. The summed E-state index contributed by atoms with van der Waals surface area (Å²) in [4.78, 5) is 22.3. The van der Waals surface area contributed by atoms with E-state index in [1.54, 1.807) is 25.1 Å². The summed E-state index contributed by atoms with van der Waals surface area (Å²) in [5.41, 5.74) is 1.70. The van der Waals surface area contributed by atoms with Crippen molar-refractivity contribution >= 4 is 33.2 Å². The molecule has 0 spiro atoms. The number of nitro benzene ring substituents is 1. The van der Waals surface area contributed by atoms with Crippen LogP contribution in [-0.2, 0) is 0 Å². The molecule has 2 aromatic rings. The Bertz CT molecular complexity index is 686. The summed E-state index contributed by atoms with van der Waals surface area (Å²) in [5.74, 6) is -0.269. The maximum Gasteiger partial charge on any atom is 0.269 e. The van der Waals surface area contributed by atoms with Crippen molar-refractivity contribution in [1.82, 2.24) is 0 Å². The number of rotatable bonds is 3. The number of benzene rings is 2. The Morgan fingerprint density at radius 2 is 1.95 bits per heavy atom. The van der Waals surface area contributed by atoms with Crippen LogP contribution in [0.15, 0.2) is 46.9 Å². The summed E-state index contributed by atoms with van der Waals surface area (Å²) in [5, 5.41) is 13.4. The summed E-state index contributed by atoms with van der Waals surface area (Å²) in [7, 11) is 0. The van der Waals surface area contributed by atoms with Gasteiger partial charge in [-0.05, 0) is 46.6 Å². The molecule has 0 radical (unpaired) electrons. The zero-order chi connectivity index (χ0) is 14.7. The fourth-order valence-electron chi connectivity index (χ4n) is 1.74. The van der Waals surface area contributed by atoms with Gasteiger partial charge in [0.25, 0.3) is 11.6 Å². The highest BCUT2D eigenvalue weighted by Gasteiger charge is 2.13. The molecular formula is C14H11BrN2O3. The highest BCUT2D eigenvalue weighted by atomic mass is 79.9. The molecule has 0 aliphatic carbocycles. The number of aryl methyl sites for hydroxylation is 1. The fraction of sp³-hybridized carbons (Fsp3) is 0.0714. The van der Waals surface area contributed by atoms with E-state index in [-0.39, 0.29) is 11.6 Å². The lowest BCUT2D eigenvalue weighted by Gasteiger charge is -2.09. The van der Waals surface area contributed by atoms with Crippen molar-refractivity contribution in [3.05, 3.63) is 68.2 Å². The van der Waals surface area contributed by atoms with Crippen LogP contribution in [0.1, 0.15) is 15.9 Å². The third-order valence-corrected chi connectivity index (χ3v) is 3.48. The first kappa shape index (κ1) is 14.2. The summed E-state index contributed by atoms with van der Waals surface area (Å²) in [6, 6.07) is 11.4. The van der Waals surface area contributed by atoms with E-state index in [4.69, 9.17) is 0 Å². The molecule has 0 saturated carbocycles. The van der Waals surface area contributed by atoms with Crippen LogP contribution in [0.2, 0.25) is 0 Å². The van der Waals surface area contributed by atoms with Crippen molar-refractivity contribution in [1.29, 1.82) is 0 Å². The van der Waals surface area contributed by atoms with Crippen LogP contribution < -0.4 is 5.32 Å². The van der Waals surface area contributed by atoms with E-state index >= 15 is 0 Å². The Morgan fingerprint density at radius 1 is 1.25 bits per heavy atom. The van der Waals surface area contributed by atoms with E-state index in [1.165, 1.54) is 18.2 Å². The topological polar surface area (TPSA) is 72.2 Å². The number of anilines is 1. The van der Waals surface area contributed by atoms with Crippen LogP contribution in [0.25, 0.3) is 0 Å². The van der Waals surface area contributed by atoms with Crippen LogP contribution in [0.5, 0.6) is 0 Å². The van der Waals surface area contributed by atoms with Gasteiger partial charge in [-0.25, -0.2) is 0 Å². The number of nitrogens with one attached hydrogen (secondary N) is 1. The van der Waals surface area contributed by atoms with Crippen molar-refractivity contribution < 1.29 is 9.72 Å². The molecule has 0 bridgehead atoms. The average molecular weight is 335 g/mol. The molecule has 0 heterocycles. The number of nitrogens with zero attached hydrogens (tertiary/aromatic N) is 1. The second-order valence-corrected chi connectivity index (χ2v) is 5.04. The van der Waals surface area contributed by atoms with E-state index in [1.807, 2.05) is 6.07 Å². The molecule has 1 amide bonds. The monoisotopic (exact) mass is 334 g/mol. The lowest BCUT2D eigenvalue weighted by Crippen LogP contribution is -2.13. The Hall–Kier alpha value is -2.21. The predicted molar refractivity (Wildman–Crippen MR) is 79.9 cm³/mol. The third kappa shape index (κ3) is 3.03. The Balaban J connectivity index is 2.25. The zero-order valence-electron chi connectivity index (χ0n) is 10.6. The largest absolute Gasteiger partial charge is 0.322 e. The van der Waals surface area contributed by atoms with Crippen LogP contribution in [0.4, 0.5) is 11.4 Å². The zero-order valence-corrected chi connectivity index (χ0v) is 12.2. The van der Waals surface area contributed by atoms with Gasteiger partial charge in [0.05, 0.1) is 10.5 Å². The van der Waals surface area contributed by atoms with E-state index in [0.29, 0.717) is 21.3 Å². The molecule has 1 N–H and O–H groups in total. The first-order valence-electron chi connectivity index (χ1n) is 5.80. The molecule has 20 heavy (non-hydrogen) atoms. The van der Waals surface area contributed by atoms with Crippen molar-refractivity contribution in [2.75, 3.05) is 5.32 Å². The van der Waals surface area contributed by atoms with Crippen LogP contribution in [0, 0.1) is 17.0 Å². The molecular weight excluding hydrogens is 324 g/mol. The molecule has 2 aromatic carbocycles. The predicted octanol–water partition coefficient (Wildman–Crippen LogP) is 3.92. The van der Waals surface area contributed by atoms with Gasteiger partial charge >= 0.3 is 0 Å². The molecule has 0 aliphatic heterocycles. The summed E-state index contributed by atoms with van der Waals surface area (Å²) < 4.78 is 0.692. The van der Waals surface area contributed by atoms with Gasteiger partial charge in [0.15, 0.2) is 0 Å². The van der Waals surface area contributed by atoms with Crippen LogP contribution in [-0.4, -0.2) is 10.8 Å². The standard InChI is InChI=1S/C14H11BrN2O3/c1-9-8-10(17(19)20)6-7-13(9)16-14(18)11-4-2-3-5-12(11)15/h2-8H,1H3,(H,16,18). The number of nitro groups is 1. The molecule has 6 heteroatoms. The quantitative estimate of drug-likeness (QED) is 0.683. The second kappa shape index (κ2) is 5.83. The average Bonchev–Trinajstić information content (AvgIpc) is 2.41. The summed E-state index contributed by atoms with van der Waals surface area (Å²) in [6.45, 7) is 1.71. The summed E-state index contributed by atoms with van der Waals surface area (Å²) >= 11 is 3.31. The minimum atomic E-state index is -0.466. The van der Waals surface area contributed by atoms with E-state index in [2.05, 4.69) is 21.2 Å². The molecule has 0 fully saturated rings. The van der Waals surface area contributed by atoms with Crippen LogP contribution >= 0.6 is 15.9 Å². The lowest BCUT2D eigenvalue weighted by atomic mass is 10.1. The number of carbonyl (C=O) groups is 1. The van der Waals surface area contributed by atoms with Gasteiger partial charge in [-0.2, -0.15) is 0 Å². The number of halogens is 1. The summed E-state index contributed by atoms with van der Waals surface area (Å²) in [6.07, 6.45) is 0. The van der Waals surface area contributed by atoms with Crippen molar-refractivity contribution in [3.8, 4) is 0 Å². The van der Waals surface area contributed by atoms with Gasteiger partial charge in [0.2, 0.25) is 0 Å². The maximum atomic E-state index is 12.1. The third-order valence-electron chi connectivity index (χ3n) is 2.79. The number of amides is 1. The minimum absolute atomic E-state index is 0.00129. The number of carbonyl (C=O) groups excluding carboxylic acids is 1. The van der Waals surface area contributed by atoms with Crippen LogP contribution in [0.3, 0.4) is 0 Å². The second-order valence-electron chi connectivity index (χ2n) is 4.19. The number of hydrogen-bond acceptors (Lipinski definition) is 3. The van der Waals surface area contributed by atoms with Crippen molar-refractivity contribution in [3.63, 3.8) is 0 Å². The Morgan fingerprint density at radius 3 is 2.55 bits per heavy atom. The fourth-order valence-corrected chi connectivity index (χ4v) is 2.20. The van der Waals surface area contributed by atoms with Gasteiger partial charge < -0.3 is 5.32 Å². The van der Waals surface area contributed by atoms with E-state index in [9.17, 15) is 14.9 Å². The molecule has 2 rings (SSSR count). The molecule has 0 atom stereocenters. The first-order chi connectivity index (χ1) is 9.49. The molecule has 5 nitrogen and oxygen atoms in total. The molecule has 0 unspecified atom stereocenters. The van der Waals surface area contributed by atoms with E-state index < -0.39 is 4.92 Å². The van der Waals surface area contributed by atoms with Gasteiger partial charge in [-0.15, -0.1) is 0 Å². The molecule has 0 saturated heterocycles. The van der Waals surface area contributed by atoms with Gasteiger partial charge in [0, 0.05) is 22.3 Å². The van der Waals surface area contributed by atoms with Gasteiger partial charge in [0.1, 0.15) is 0 Å². The van der Waals surface area contributed by atoms with Crippen molar-refractivity contribution in [2.24, 2.45) is 0 Å². The molecule has 0 aromatic heterocycles. The van der Waals surface area contributed by atoms with Gasteiger partial charge in [-0.3, -0.25) is 14.9 Å². The number of non-ortho nitro benzene ring substituents is 1. The Kier molecular flexibility index (Phi) is 4.14. The smallest absolute Gasteiger partial charge is 0.269 e. The highest BCUT2D eigenvalue weighted by Crippen LogP contribution is 2.23. The van der Waals surface area contributed by atoms with Crippen molar-refractivity contribution in [2.45, 2.75) is 6.92 Å². The Labute approximate surface area is 123 Å². The van der Waals surface area contributed by atoms with E-state index in [0.717, 1.165) is 0 Å². The molecule has 102 valence electrons.